The maximum atomic E-state index is 5.17. The first-order valence-electron chi connectivity index (χ1n) is 18.9. The van der Waals surface area contributed by atoms with Crippen molar-refractivity contribution in [3.63, 3.8) is 0 Å². The second kappa shape index (κ2) is 13.1. The van der Waals surface area contributed by atoms with E-state index in [-0.39, 0.29) is 0 Å². The topological polar surface area (TPSA) is 51.6 Å². The average molecular weight is 713 g/mol. The van der Waals surface area contributed by atoms with E-state index in [1.54, 1.807) is 0 Å². The fourth-order valence-corrected chi connectivity index (χ4v) is 8.31. The highest BCUT2D eigenvalue weighted by Gasteiger charge is 2.23. The van der Waals surface area contributed by atoms with Gasteiger partial charge in [0.1, 0.15) is 0 Å². The summed E-state index contributed by atoms with van der Waals surface area (Å²) in [5.74, 6) is 1.89. The minimum absolute atomic E-state index is 0.621. The number of rotatable bonds is 6. The lowest BCUT2D eigenvalue weighted by Crippen LogP contribution is -2.00. The Morgan fingerprint density at radius 1 is 0.286 bits per heavy atom. The average Bonchev–Trinajstić information content (AvgIpc) is 3.61. The number of nitrogens with zero attached hydrogens (tertiary/aromatic N) is 4. The van der Waals surface area contributed by atoms with Crippen molar-refractivity contribution in [2.75, 3.05) is 0 Å². The van der Waals surface area contributed by atoms with E-state index in [1.165, 1.54) is 44.0 Å². The summed E-state index contributed by atoms with van der Waals surface area (Å²) in [5.41, 5.74) is 14.6. The van der Waals surface area contributed by atoms with Gasteiger partial charge in [-0.25, -0.2) is 15.0 Å². The van der Waals surface area contributed by atoms with Crippen LogP contribution in [0.5, 0.6) is 0 Å². The van der Waals surface area contributed by atoms with Gasteiger partial charge in [-0.3, -0.25) is 4.98 Å². The number of aromatic nitrogens is 4. The predicted molar refractivity (Wildman–Crippen MR) is 230 cm³/mol. The minimum Gasteiger partial charge on any atom is -0.264 e. The van der Waals surface area contributed by atoms with Gasteiger partial charge in [0.15, 0.2) is 17.5 Å². The van der Waals surface area contributed by atoms with Gasteiger partial charge in [0, 0.05) is 34.5 Å². The van der Waals surface area contributed by atoms with Crippen LogP contribution in [0.2, 0.25) is 0 Å². The highest BCUT2D eigenvalue weighted by Crippen LogP contribution is 2.49. The van der Waals surface area contributed by atoms with Crippen molar-refractivity contribution in [1.82, 2.24) is 19.9 Å². The molecule has 0 aliphatic heterocycles. The van der Waals surface area contributed by atoms with Gasteiger partial charge < -0.3 is 0 Å². The van der Waals surface area contributed by atoms with Crippen molar-refractivity contribution in [3.8, 4) is 89.8 Å². The van der Waals surface area contributed by atoms with E-state index in [9.17, 15) is 0 Å². The Labute approximate surface area is 324 Å². The third kappa shape index (κ3) is 5.39. The number of hydrogen-bond acceptors (Lipinski definition) is 4. The lowest BCUT2D eigenvalue weighted by atomic mass is 9.90. The SMILES string of the molecule is c1ccc(-c2nc(-c3ccccc3)nc(-c3cc(-c4cccc(-c5cccc6ccncc56)c4)cc(-c4ccc5c6c(cccc46)-c4ccccc4-5)c3)n2)cc1. The largest absolute Gasteiger partial charge is 0.264 e. The number of pyridine rings is 1. The Morgan fingerprint density at radius 2 is 0.786 bits per heavy atom. The third-order valence-corrected chi connectivity index (χ3v) is 10.9. The smallest absolute Gasteiger partial charge is 0.164 e. The Hall–Kier alpha value is -7.56. The summed E-state index contributed by atoms with van der Waals surface area (Å²) in [6, 6.07) is 64.4. The van der Waals surface area contributed by atoms with Gasteiger partial charge in [0.05, 0.1) is 0 Å². The lowest BCUT2D eigenvalue weighted by molar-refractivity contribution is 1.07. The molecule has 0 saturated heterocycles. The molecule has 4 heteroatoms. The molecule has 0 bridgehead atoms. The van der Waals surface area contributed by atoms with E-state index < -0.39 is 0 Å². The van der Waals surface area contributed by atoms with Crippen LogP contribution in [-0.4, -0.2) is 19.9 Å². The van der Waals surface area contributed by atoms with Crippen LogP contribution in [0.15, 0.2) is 194 Å². The molecule has 0 radical (unpaired) electrons. The van der Waals surface area contributed by atoms with Crippen molar-refractivity contribution in [2.24, 2.45) is 0 Å². The van der Waals surface area contributed by atoms with E-state index >= 15 is 0 Å². The van der Waals surface area contributed by atoms with Gasteiger partial charge in [0.2, 0.25) is 0 Å². The highest BCUT2D eigenvalue weighted by atomic mass is 15.0. The summed E-state index contributed by atoms with van der Waals surface area (Å²) < 4.78 is 0. The Bertz CT molecular complexity index is 3040. The van der Waals surface area contributed by atoms with Gasteiger partial charge in [-0.1, -0.05) is 152 Å². The third-order valence-electron chi connectivity index (χ3n) is 10.9. The van der Waals surface area contributed by atoms with E-state index in [0.29, 0.717) is 17.5 Å². The number of hydrogen-bond donors (Lipinski definition) is 0. The van der Waals surface area contributed by atoms with Crippen molar-refractivity contribution in [3.05, 3.63) is 194 Å². The first kappa shape index (κ1) is 31.9. The molecule has 11 rings (SSSR count). The molecule has 0 unspecified atom stereocenters. The van der Waals surface area contributed by atoms with Crippen LogP contribution in [-0.2, 0) is 0 Å². The van der Waals surface area contributed by atoms with E-state index in [4.69, 9.17) is 15.0 Å². The van der Waals surface area contributed by atoms with Crippen LogP contribution >= 0.6 is 0 Å². The first-order chi connectivity index (χ1) is 27.7. The quantitative estimate of drug-likeness (QED) is 0.172. The molecule has 0 N–H and O–H groups in total. The molecule has 1 aliphatic rings. The van der Waals surface area contributed by atoms with Gasteiger partial charge in [-0.05, 0) is 102 Å². The molecule has 0 atom stereocenters. The van der Waals surface area contributed by atoms with Crippen molar-refractivity contribution in [2.45, 2.75) is 0 Å². The molecule has 4 nitrogen and oxygen atoms in total. The van der Waals surface area contributed by atoms with Gasteiger partial charge in [0.25, 0.3) is 0 Å². The zero-order valence-corrected chi connectivity index (χ0v) is 30.3. The van der Waals surface area contributed by atoms with Crippen molar-refractivity contribution >= 4 is 21.5 Å². The second-order valence-corrected chi connectivity index (χ2v) is 14.3. The van der Waals surface area contributed by atoms with Crippen LogP contribution < -0.4 is 0 Å². The summed E-state index contributed by atoms with van der Waals surface area (Å²) in [6.45, 7) is 0. The zero-order valence-electron chi connectivity index (χ0n) is 30.3. The Balaban J connectivity index is 1.15. The molecule has 0 saturated carbocycles. The van der Waals surface area contributed by atoms with E-state index in [1.807, 2.05) is 48.8 Å². The fourth-order valence-electron chi connectivity index (χ4n) is 8.31. The molecule has 260 valence electrons. The van der Waals surface area contributed by atoms with Crippen LogP contribution in [0.4, 0.5) is 0 Å². The van der Waals surface area contributed by atoms with Crippen LogP contribution in [0, 0.1) is 0 Å². The van der Waals surface area contributed by atoms with Crippen LogP contribution in [0.3, 0.4) is 0 Å². The number of benzene rings is 8. The van der Waals surface area contributed by atoms with Gasteiger partial charge in [-0.2, -0.15) is 0 Å². The molecule has 0 spiro atoms. The van der Waals surface area contributed by atoms with Gasteiger partial charge >= 0.3 is 0 Å². The monoisotopic (exact) mass is 712 g/mol. The molecule has 0 fully saturated rings. The normalized spacial score (nSPS) is 11.6. The molecule has 2 heterocycles. The molecule has 1 aliphatic carbocycles. The van der Waals surface area contributed by atoms with Crippen molar-refractivity contribution < 1.29 is 0 Å². The fraction of sp³-hybridized carbons (Fsp3) is 0. The Kier molecular flexibility index (Phi) is 7.46. The Morgan fingerprint density at radius 3 is 1.54 bits per heavy atom. The van der Waals surface area contributed by atoms with Gasteiger partial charge in [-0.15, -0.1) is 0 Å². The van der Waals surface area contributed by atoms with Crippen LogP contribution in [0.1, 0.15) is 0 Å². The maximum absolute atomic E-state index is 5.17. The lowest BCUT2D eigenvalue weighted by Gasteiger charge is -2.15. The first-order valence-corrected chi connectivity index (χ1v) is 18.9. The molecule has 56 heavy (non-hydrogen) atoms. The van der Waals surface area contributed by atoms with E-state index in [0.717, 1.165) is 49.9 Å². The van der Waals surface area contributed by atoms with Crippen LogP contribution in [0.25, 0.3) is 111 Å². The summed E-state index contributed by atoms with van der Waals surface area (Å²) in [4.78, 5) is 19.8. The van der Waals surface area contributed by atoms with E-state index in [2.05, 4.69) is 151 Å². The summed E-state index contributed by atoms with van der Waals surface area (Å²) in [7, 11) is 0. The predicted octanol–water partition coefficient (Wildman–Crippen LogP) is 13.2. The summed E-state index contributed by atoms with van der Waals surface area (Å²) in [6.07, 6.45) is 3.81. The maximum Gasteiger partial charge on any atom is 0.164 e. The molecular weight excluding hydrogens is 681 g/mol. The molecule has 0 amide bonds. The highest BCUT2D eigenvalue weighted by molar-refractivity contribution is 6.18. The molecular formula is C52H32N4. The molecule has 10 aromatic rings. The van der Waals surface area contributed by atoms with Crippen molar-refractivity contribution in [1.29, 1.82) is 0 Å². The molecule has 2 aromatic heterocycles. The minimum atomic E-state index is 0.621. The molecule has 8 aromatic carbocycles. The standard InChI is InChI=1S/C52H32N4/c1-3-12-34(13-4-1)50-54-51(35-14-5-2-6-15-35)56-52(55-50)40-30-38(36-17-9-18-37(28-36)41-21-10-16-33-26-27-53-32-48(33)41)29-39(31-40)42-24-25-47-44-20-8-7-19-43(44)46-23-11-22-45(42)49(46)47/h1-32H. The number of fused-ring (bicyclic) bond motifs is 4. The second-order valence-electron chi connectivity index (χ2n) is 14.3. The summed E-state index contributed by atoms with van der Waals surface area (Å²) >= 11 is 0. The summed E-state index contributed by atoms with van der Waals surface area (Å²) in [5, 5.41) is 4.81. The zero-order chi connectivity index (χ0) is 37.0.